The van der Waals surface area contributed by atoms with Gasteiger partial charge in [-0.15, -0.1) is 0 Å². The van der Waals surface area contributed by atoms with Gasteiger partial charge in [0.05, 0.1) is 4.47 Å². The molecule has 0 fully saturated rings. The van der Waals surface area contributed by atoms with Crippen LogP contribution in [-0.4, -0.2) is 10.1 Å². The van der Waals surface area contributed by atoms with Crippen molar-refractivity contribution >= 4 is 15.9 Å². The van der Waals surface area contributed by atoms with E-state index in [1.807, 2.05) is 13.0 Å². The van der Waals surface area contributed by atoms with Crippen molar-refractivity contribution in [3.63, 3.8) is 0 Å². The third kappa shape index (κ3) is 2.04. The van der Waals surface area contributed by atoms with Crippen molar-refractivity contribution in [3.05, 3.63) is 34.8 Å². The molecule has 3 nitrogen and oxygen atoms in total. The van der Waals surface area contributed by atoms with Crippen molar-refractivity contribution < 1.29 is 9.52 Å². The number of phenolic OH excluding ortho intramolecular Hbond substituents is 1. The number of phenols is 1. The molecule has 15 heavy (non-hydrogen) atoms. The van der Waals surface area contributed by atoms with Crippen LogP contribution in [0.2, 0.25) is 0 Å². The summed E-state index contributed by atoms with van der Waals surface area (Å²) in [5, 5.41) is 9.52. The van der Waals surface area contributed by atoms with Crippen molar-refractivity contribution in [2.75, 3.05) is 0 Å². The van der Waals surface area contributed by atoms with Gasteiger partial charge in [-0.2, -0.15) is 0 Å². The Bertz CT molecular complexity index is 479. The van der Waals surface area contributed by atoms with E-state index >= 15 is 0 Å². The van der Waals surface area contributed by atoms with Gasteiger partial charge in [0.15, 0.2) is 5.89 Å². The van der Waals surface area contributed by atoms with Crippen LogP contribution in [0.3, 0.4) is 0 Å². The number of aryl methyl sites for hydroxylation is 1. The Morgan fingerprint density at radius 2 is 2.27 bits per heavy atom. The van der Waals surface area contributed by atoms with Crippen LogP contribution < -0.4 is 0 Å². The predicted octanol–water partition coefficient (Wildman–Crippen LogP) is 3.37. The summed E-state index contributed by atoms with van der Waals surface area (Å²) in [5.74, 6) is 0.904. The normalized spacial score (nSPS) is 10.5. The predicted molar refractivity (Wildman–Crippen MR) is 60.7 cm³/mol. The van der Waals surface area contributed by atoms with Gasteiger partial charge in [0, 0.05) is 12.0 Å². The molecule has 1 heterocycles. The zero-order valence-electron chi connectivity index (χ0n) is 8.20. The standard InChI is InChI=1S/C11H10BrNO2/c1-2-11-13-9(6-15-11)7-3-4-8(12)10(14)5-7/h3-6,14H,2H2,1H3. The molecule has 0 bridgehead atoms. The number of aromatic nitrogens is 1. The van der Waals surface area contributed by atoms with Crippen LogP contribution in [0.25, 0.3) is 11.3 Å². The molecule has 1 aromatic carbocycles. The lowest BCUT2D eigenvalue weighted by atomic mass is 10.2. The maximum Gasteiger partial charge on any atom is 0.194 e. The molecule has 2 rings (SSSR count). The van der Waals surface area contributed by atoms with E-state index in [1.165, 1.54) is 0 Å². The molecule has 78 valence electrons. The van der Waals surface area contributed by atoms with Gasteiger partial charge in [-0.3, -0.25) is 0 Å². The number of hydrogen-bond acceptors (Lipinski definition) is 3. The molecule has 0 aliphatic carbocycles. The second-order valence-corrected chi connectivity index (χ2v) is 4.00. The highest BCUT2D eigenvalue weighted by molar-refractivity contribution is 9.10. The van der Waals surface area contributed by atoms with Crippen LogP contribution in [0.5, 0.6) is 5.75 Å². The molecule has 0 spiro atoms. The topological polar surface area (TPSA) is 46.3 Å². The molecule has 0 atom stereocenters. The first kappa shape index (κ1) is 10.2. The molecule has 1 N–H and O–H groups in total. The lowest BCUT2D eigenvalue weighted by Crippen LogP contribution is -1.81. The SMILES string of the molecule is CCc1nc(-c2ccc(Br)c(O)c2)co1. The summed E-state index contributed by atoms with van der Waals surface area (Å²) in [6, 6.07) is 5.31. The molecule has 2 aromatic rings. The first-order valence-corrected chi connectivity index (χ1v) is 5.43. The first-order chi connectivity index (χ1) is 7.20. The van der Waals surface area contributed by atoms with E-state index < -0.39 is 0 Å². The molecular formula is C11H10BrNO2. The first-order valence-electron chi connectivity index (χ1n) is 4.64. The smallest absolute Gasteiger partial charge is 0.194 e. The molecule has 0 aliphatic rings. The molecule has 0 radical (unpaired) electrons. The van der Waals surface area contributed by atoms with Crippen molar-refractivity contribution in [1.82, 2.24) is 4.98 Å². The van der Waals surface area contributed by atoms with Crippen molar-refractivity contribution in [1.29, 1.82) is 0 Å². The van der Waals surface area contributed by atoms with Gasteiger partial charge < -0.3 is 9.52 Å². The Kier molecular flexibility index (Phi) is 2.77. The summed E-state index contributed by atoms with van der Waals surface area (Å²) >= 11 is 3.23. The average molecular weight is 268 g/mol. The monoisotopic (exact) mass is 267 g/mol. The maximum absolute atomic E-state index is 9.52. The van der Waals surface area contributed by atoms with Crippen LogP contribution in [0.1, 0.15) is 12.8 Å². The molecule has 0 saturated heterocycles. The molecular weight excluding hydrogens is 258 g/mol. The summed E-state index contributed by atoms with van der Waals surface area (Å²) in [6.07, 6.45) is 2.37. The Hall–Kier alpha value is -1.29. The van der Waals surface area contributed by atoms with Gasteiger partial charge in [-0.25, -0.2) is 4.98 Å². The fourth-order valence-electron chi connectivity index (χ4n) is 1.28. The third-order valence-corrected chi connectivity index (χ3v) is 2.77. The minimum Gasteiger partial charge on any atom is -0.507 e. The van der Waals surface area contributed by atoms with Crippen molar-refractivity contribution in [2.45, 2.75) is 13.3 Å². The zero-order valence-corrected chi connectivity index (χ0v) is 9.78. The summed E-state index contributed by atoms with van der Waals surface area (Å²) in [4.78, 5) is 4.28. The van der Waals surface area contributed by atoms with Crippen LogP contribution in [0.4, 0.5) is 0 Å². The Labute approximate surface area is 95.9 Å². The number of rotatable bonds is 2. The molecule has 0 saturated carbocycles. The lowest BCUT2D eigenvalue weighted by Gasteiger charge is -1.99. The highest BCUT2D eigenvalue weighted by Gasteiger charge is 2.06. The van der Waals surface area contributed by atoms with E-state index in [-0.39, 0.29) is 5.75 Å². The highest BCUT2D eigenvalue weighted by Crippen LogP contribution is 2.29. The van der Waals surface area contributed by atoms with Crippen LogP contribution in [0.15, 0.2) is 33.4 Å². The van der Waals surface area contributed by atoms with E-state index in [4.69, 9.17) is 4.42 Å². The maximum atomic E-state index is 9.52. The quantitative estimate of drug-likeness (QED) is 0.908. The van der Waals surface area contributed by atoms with E-state index in [1.54, 1.807) is 18.4 Å². The average Bonchev–Trinajstić information content (AvgIpc) is 2.70. The molecule has 0 aliphatic heterocycles. The fraction of sp³-hybridized carbons (Fsp3) is 0.182. The van der Waals surface area contributed by atoms with Crippen molar-refractivity contribution in [3.8, 4) is 17.0 Å². The van der Waals surface area contributed by atoms with Crippen molar-refractivity contribution in [2.24, 2.45) is 0 Å². The number of benzene rings is 1. The van der Waals surface area contributed by atoms with E-state index in [9.17, 15) is 5.11 Å². The lowest BCUT2D eigenvalue weighted by molar-refractivity contribution is 0.472. The molecule has 0 amide bonds. The number of halogens is 1. The second-order valence-electron chi connectivity index (χ2n) is 3.15. The Balaban J connectivity index is 2.40. The van der Waals surface area contributed by atoms with E-state index in [0.29, 0.717) is 10.4 Å². The summed E-state index contributed by atoms with van der Waals surface area (Å²) in [7, 11) is 0. The van der Waals surface area contributed by atoms with Gasteiger partial charge in [0.25, 0.3) is 0 Å². The minimum absolute atomic E-state index is 0.202. The fourth-order valence-corrected chi connectivity index (χ4v) is 1.52. The summed E-state index contributed by atoms with van der Waals surface area (Å²) < 4.78 is 5.91. The minimum atomic E-state index is 0.202. The number of hydrogen-bond donors (Lipinski definition) is 1. The third-order valence-electron chi connectivity index (χ3n) is 2.10. The zero-order chi connectivity index (χ0) is 10.8. The number of nitrogens with zero attached hydrogens (tertiary/aromatic N) is 1. The van der Waals surface area contributed by atoms with Gasteiger partial charge in [-0.1, -0.05) is 13.0 Å². The summed E-state index contributed by atoms with van der Waals surface area (Å²) in [5.41, 5.74) is 1.59. The summed E-state index contributed by atoms with van der Waals surface area (Å²) in [6.45, 7) is 1.98. The molecule has 0 unspecified atom stereocenters. The van der Waals surface area contributed by atoms with E-state index in [0.717, 1.165) is 17.7 Å². The van der Waals surface area contributed by atoms with Crippen LogP contribution in [0, 0.1) is 0 Å². The number of aromatic hydroxyl groups is 1. The van der Waals surface area contributed by atoms with Gasteiger partial charge in [-0.05, 0) is 28.1 Å². The highest BCUT2D eigenvalue weighted by atomic mass is 79.9. The Morgan fingerprint density at radius 1 is 1.47 bits per heavy atom. The largest absolute Gasteiger partial charge is 0.507 e. The molecule has 1 aromatic heterocycles. The van der Waals surface area contributed by atoms with E-state index in [2.05, 4.69) is 20.9 Å². The van der Waals surface area contributed by atoms with Gasteiger partial charge >= 0.3 is 0 Å². The van der Waals surface area contributed by atoms with Gasteiger partial charge in [0.1, 0.15) is 17.7 Å². The van der Waals surface area contributed by atoms with Crippen LogP contribution >= 0.6 is 15.9 Å². The second kappa shape index (κ2) is 4.06. The van der Waals surface area contributed by atoms with Crippen LogP contribution in [-0.2, 0) is 6.42 Å². The Morgan fingerprint density at radius 3 is 2.87 bits per heavy atom. The molecule has 4 heteroatoms. The van der Waals surface area contributed by atoms with Gasteiger partial charge in [0.2, 0.25) is 0 Å². The number of oxazole rings is 1.